The highest BCUT2D eigenvalue weighted by atomic mass is 16.2. The fourth-order valence-corrected chi connectivity index (χ4v) is 4.04. The van der Waals surface area contributed by atoms with E-state index in [4.69, 9.17) is 0 Å². The molecule has 1 amide bonds. The molecule has 3 aliphatic rings. The summed E-state index contributed by atoms with van der Waals surface area (Å²) >= 11 is 0. The molecule has 0 spiro atoms. The second kappa shape index (κ2) is 7.66. The number of rotatable bonds is 4. The lowest BCUT2D eigenvalue weighted by Crippen LogP contribution is -2.49. The van der Waals surface area contributed by atoms with Crippen LogP contribution in [0.3, 0.4) is 0 Å². The van der Waals surface area contributed by atoms with Crippen molar-refractivity contribution >= 4 is 11.9 Å². The predicted octanol–water partition coefficient (Wildman–Crippen LogP) is 0.973. The van der Waals surface area contributed by atoms with Crippen molar-refractivity contribution in [3.05, 3.63) is 35.4 Å². The molecule has 2 heterocycles. The molecule has 1 aromatic carbocycles. The number of nitrogens with zero attached hydrogens (tertiary/aromatic N) is 3. The molecule has 140 valence electrons. The minimum absolute atomic E-state index is 0.133. The van der Waals surface area contributed by atoms with Gasteiger partial charge in [0.05, 0.1) is 6.54 Å². The van der Waals surface area contributed by atoms with Gasteiger partial charge in [0.1, 0.15) is 0 Å². The summed E-state index contributed by atoms with van der Waals surface area (Å²) in [6.07, 6.45) is 4.79. The number of hydrogen-bond donors (Lipinski definition) is 2. The molecule has 0 radical (unpaired) electrons. The number of carbonyl (C=O) groups is 1. The normalized spacial score (nSPS) is 23.7. The van der Waals surface area contributed by atoms with Gasteiger partial charge in [0.2, 0.25) is 5.91 Å². The molecule has 1 atom stereocenters. The molecule has 2 N–H and O–H groups in total. The van der Waals surface area contributed by atoms with Crippen molar-refractivity contribution in [2.45, 2.75) is 44.3 Å². The SMILES string of the molecule is CN=C(NCC(=O)N1CCc2ccccc2C1)NC1CCN(C2CC2)C1. The maximum absolute atomic E-state index is 12.6. The Morgan fingerprint density at radius 1 is 1.19 bits per heavy atom. The summed E-state index contributed by atoms with van der Waals surface area (Å²) in [5.74, 6) is 0.867. The van der Waals surface area contributed by atoms with Gasteiger partial charge < -0.3 is 15.5 Å². The van der Waals surface area contributed by atoms with Gasteiger partial charge in [-0.25, -0.2) is 0 Å². The van der Waals surface area contributed by atoms with Gasteiger partial charge in [0, 0.05) is 45.3 Å². The lowest BCUT2D eigenvalue weighted by molar-refractivity contribution is -0.130. The van der Waals surface area contributed by atoms with E-state index < -0.39 is 0 Å². The third-order valence-corrected chi connectivity index (χ3v) is 5.74. The van der Waals surface area contributed by atoms with Crippen molar-refractivity contribution in [1.29, 1.82) is 0 Å². The van der Waals surface area contributed by atoms with Crippen molar-refractivity contribution < 1.29 is 4.79 Å². The van der Waals surface area contributed by atoms with E-state index >= 15 is 0 Å². The van der Waals surface area contributed by atoms with Crippen LogP contribution in [-0.2, 0) is 17.8 Å². The Morgan fingerprint density at radius 3 is 2.77 bits per heavy atom. The molecule has 1 aliphatic carbocycles. The number of amides is 1. The Labute approximate surface area is 155 Å². The van der Waals surface area contributed by atoms with Gasteiger partial charge in [-0.05, 0) is 36.8 Å². The van der Waals surface area contributed by atoms with Crippen LogP contribution in [0.2, 0.25) is 0 Å². The van der Waals surface area contributed by atoms with Crippen LogP contribution in [0.25, 0.3) is 0 Å². The number of guanidine groups is 1. The fourth-order valence-electron chi connectivity index (χ4n) is 4.04. The van der Waals surface area contributed by atoms with E-state index in [1.54, 1.807) is 7.05 Å². The van der Waals surface area contributed by atoms with E-state index in [1.165, 1.54) is 30.5 Å². The number of hydrogen-bond acceptors (Lipinski definition) is 3. The van der Waals surface area contributed by atoms with E-state index in [-0.39, 0.29) is 5.91 Å². The van der Waals surface area contributed by atoms with Gasteiger partial charge in [-0.1, -0.05) is 24.3 Å². The molecule has 2 fully saturated rings. The van der Waals surface area contributed by atoms with Gasteiger partial charge in [-0.3, -0.25) is 14.7 Å². The lowest BCUT2D eigenvalue weighted by Gasteiger charge is -2.29. The number of benzene rings is 1. The van der Waals surface area contributed by atoms with Crippen LogP contribution in [0.1, 0.15) is 30.4 Å². The summed E-state index contributed by atoms with van der Waals surface area (Å²) in [4.78, 5) is 21.4. The van der Waals surface area contributed by atoms with Gasteiger partial charge >= 0.3 is 0 Å². The lowest BCUT2D eigenvalue weighted by atomic mass is 10.00. The number of fused-ring (bicyclic) bond motifs is 1. The van der Waals surface area contributed by atoms with Crippen LogP contribution >= 0.6 is 0 Å². The quantitative estimate of drug-likeness (QED) is 0.624. The smallest absolute Gasteiger partial charge is 0.242 e. The summed E-state index contributed by atoms with van der Waals surface area (Å²) < 4.78 is 0. The van der Waals surface area contributed by atoms with Crippen molar-refractivity contribution in [2.24, 2.45) is 4.99 Å². The third-order valence-electron chi connectivity index (χ3n) is 5.74. The minimum Gasteiger partial charge on any atom is -0.352 e. The summed E-state index contributed by atoms with van der Waals surface area (Å²) in [5.41, 5.74) is 2.63. The Balaban J connectivity index is 1.24. The number of likely N-dealkylation sites (tertiary alicyclic amines) is 1. The molecule has 26 heavy (non-hydrogen) atoms. The molecule has 1 saturated heterocycles. The maximum atomic E-state index is 12.6. The van der Waals surface area contributed by atoms with E-state index in [0.29, 0.717) is 19.1 Å². The predicted molar refractivity (Wildman–Crippen MR) is 103 cm³/mol. The number of nitrogens with one attached hydrogen (secondary N) is 2. The first-order chi connectivity index (χ1) is 12.7. The van der Waals surface area contributed by atoms with Crippen LogP contribution in [0.4, 0.5) is 0 Å². The number of aliphatic imine (C=N–C) groups is 1. The molecule has 6 heteroatoms. The Morgan fingerprint density at radius 2 is 2.00 bits per heavy atom. The molecule has 0 bridgehead atoms. The molecular formula is C20H29N5O. The summed E-state index contributed by atoms with van der Waals surface area (Å²) in [7, 11) is 1.77. The van der Waals surface area contributed by atoms with Gasteiger partial charge in [-0.2, -0.15) is 0 Å². The Kier molecular flexibility index (Phi) is 5.11. The molecule has 1 saturated carbocycles. The average molecular weight is 355 g/mol. The van der Waals surface area contributed by atoms with E-state index in [0.717, 1.165) is 37.9 Å². The second-order valence-corrected chi connectivity index (χ2v) is 7.62. The van der Waals surface area contributed by atoms with Crippen LogP contribution < -0.4 is 10.6 Å². The summed E-state index contributed by atoms with van der Waals surface area (Å²) in [5, 5.41) is 6.68. The molecule has 4 rings (SSSR count). The van der Waals surface area contributed by atoms with E-state index in [9.17, 15) is 4.79 Å². The highest BCUT2D eigenvalue weighted by Crippen LogP contribution is 2.29. The number of carbonyl (C=O) groups excluding carboxylic acids is 1. The van der Waals surface area contributed by atoms with Crippen LogP contribution in [0, 0.1) is 0 Å². The molecule has 0 aromatic heterocycles. The van der Waals surface area contributed by atoms with E-state index in [1.807, 2.05) is 11.0 Å². The highest BCUT2D eigenvalue weighted by Gasteiger charge is 2.34. The van der Waals surface area contributed by atoms with Crippen LogP contribution in [0.15, 0.2) is 29.3 Å². The first-order valence-corrected chi connectivity index (χ1v) is 9.78. The maximum Gasteiger partial charge on any atom is 0.242 e. The molecule has 2 aliphatic heterocycles. The van der Waals surface area contributed by atoms with Crippen molar-refractivity contribution in [2.75, 3.05) is 33.2 Å². The summed E-state index contributed by atoms with van der Waals surface area (Å²) in [6, 6.07) is 9.64. The minimum atomic E-state index is 0.133. The van der Waals surface area contributed by atoms with Crippen molar-refractivity contribution in [3.8, 4) is 0 Å². The van der Waals surface area contributed by atoms with Gasteiger partial charge in [-0.15, -0.1) is 0 Å². The monoisotopic (exact) mass is 355 g/mol. The van der Waals surface area contributed by atoms with Crippen LogP contribution in [0.5, 0.6) is 0 Å². The largest absolute Gasteiger partial charge is 0.352 e. The zero-order chi connectivity index (χ0) is 17.9. The van der Waals surface area contributed by atoms with E-state index in [2.05, 4.69) is 38.7 Å². The fraction of sp³-hybridized carbons (Fsp3) is 0.600. The second-order valence-electron chi connectivity index (χ2n) is 7.62. The first kappa shape index (κ1) is 17.3. The molecule has 1 unspecified atom stereocenters. The molecular weight excluding hydrogens is 326 g/mol. The zero-order valence-electron chi connectivity index (χ0n) is 15.6. The zero-order valence-corrected chi connectivity index (χ0v) is 15.6. The Bertz CT molecular complexity index is 685. The molecule has 6 nitrogen and oxygen atoms in total. The Hall–Kier alpha value is -2.08. The van der Waals surface area contributed by atoms with Crippen molar-refractivity contribution in [1.82, 2.24) is 20.4 Å². The van der Waals surface area contributed by atoms with Gasteiger partial charge in [0.15, 0.2) is 5.96 Å². The van der Waals surface area contributed by atoms with Crippen molar-refractivity contribution in [3.63, 3.8) is 0 Å². The van der Waals surface area contributed by atoms with Gasteiger partial charge in [0.25, 0.3) is 0 Å². The first-order valence-electron chi connectivity index (χ1n) is 9.78. The summed E-state index contributed by atoms with van der Waals surface area (Å²) in [6.45, 7) is 4.05. The topological polar surface area (TPSA) is 60.0 Å². The molecule has 1 aromatic rings. The average Bonchev–Trinajstić information content (AvgIpc) is 3.43. The third kappa shape index (κ3) is 4.01. The van der Waals surface area contributed by atoms with Crippen LogP contribution in [-0.4, -0.2) is 67.0 Å². The standard InChI is InChI=1S/C20H29N5O/c1-21-20(23-17-9-11-24(14-17)18-6-7-18)22-12-19(26)25-10-8-15-4-2-3-5-16(15)13-25/h2-5,17-18H,6-14H2,1H3,(H2,21,22,23). The highest BCUT2D eigenvalue weighted by molar-refractivity contribution is 5.86.